The Bertz CT molecular complexity index is 612. The Balaban J connectivity index is 1.79. The van der Waals surface area contributed by atoms with E-state index in [4.69, 9.17) is 16.3 Å². The van der Waals surface area contributed by atoms with Crippen LogP contribution < -0.4 is 4.74 Å². The summed E-state index contributed by atoms with van der Waals surface area (Å²) in [5, 5.41) is 0.610. The van der Waals surface area contributed by atoms with E-state index in [0.717, 1.165) is 29.9 Å². The molecule has 0 amide bonds. The van der Waals surface area contributed by atoms with Crippen LogP contribution in [-0.4, -0.2) is 37.4 Å². The quantitative estimate of drug-likeness (QED) is 0.383. The van der Waals surface area contributed by atoms with Crippen LogP contribution in [0.5, 0.6) is 5.75 Å². The van der Waals surface area contributed by atoms with E-state index in [1.54, 1.807) is 0 Å². The van der Waals surface area contributed by atoms with Gasteiger partial charge in [0.15, 0.2) is 5.78 Å². The smallest absolute Gasteiger partial charge is 0.161 e. The maximum absolute atomic E-state index is 12.0. The number of ketones is 1. The van der Waals surface area contributed by atoms with E-state index in [9.17, 15) is 4.79 Å². The molecule has 1 fully saturated rings. The highest BCUT2D eigenvalue weighted by Crippen LogP contribution is 2.27. The molecule has 0 saturated carbocycles. The molecule has 4 heteroatoms. The largest absolute Gasteiger partial charge is 0.492 e. The number of halogens is 1. The van der Waals surface area contributed by atoms with Gasteiger partial charge in [-0.05, 0) is 37.2 Å². The number of nitrogens with zero attached hydrogens (tertiary/aromatic N) is 1. The molecule has 1 heterocycles. The van der Waals surface area contributed by atoms with E-state index in [2.05, 4.69) is 11.8 Å². The van der Waals surface area contributed by atoms with E-state index in [-0.39, 0.29) is 5.78 Å². The highest BCUT2D eigenvalue weighted by atomic mass is 35.5. The van der Waals surface area contributed by atoms with Crippen molar-refractivity contribution in [1.82, 2.24) is 4.90 Å². The number of hydrogen-bond acceptors (Lipinski definition) is 3. The minimum atomic E-state index is 0.235. The second-order valence-electron chi connectivity index (χ2n) is 7.24. The molecule has 0 spiro atoms. The van der Waals surface area contributed by atoms with Crippen LogP contribution in [0, 0.1) is 0 Å². The fourth-order valence-electron chi connectivity index (χ4n) is 3.20. The van der Waals surface area contributed by atoms with Gasteiger partial charge in [-0.2, -0.15) is 0 Å². The summed E-state index contributed by atoms with van der Waals surface area (Å²) < 4.78 is 5.82. The number of carbonyl (C=O) groups excluding carboxylic acids is 1. The van der Waals surface area contributed by atoms with Gasteiger partial charge in [-0.15, -0.1) is 0 Å². The van der Waals surface area contributed by atoms with Crippen molar-refractivity contribution >= 4 is 23.5 Å². The number of hydrogen-bond donors (Lipinski definition) is 0. The minimum absolute atomic E-state index is 0.235. The van der Waals surface area contributed by atoms with Crippen LogP contribution in [-0.2, 0) is 4.79 Å². The van der Waals surface area contributed by atoms with Crippen LogP contribution in [0.2, 0.25) is 5.02 Å². The molecule has 144 valence electrons. The fraction of sp³-hybridized carbons (Fsp3) is 0.591. The molecule has 1 aromatic rings. The van der Waals surface area contributed by atoms with E-state index < -0.39 is 0 Å². The summed E-state index contributed by atoms with van der Waals surface area (Å²) in [5.41, 5.74) is 1.81. The molecule has 0 radical (unpaired) electrons. The molecule has 1 aromatic carbocycles. The molecule has 26 heavy (non-hydrogen) atoms. The number of carbonyl (C=O) groups is 1. The van der Waals surface area contributed by atoms with Crippen molar-refractivity contribution in [2.24, 2.45) is 0 Å². The SMILES string of the molecule is CCCCCCCCCOc1ccc(/C=C2\CN(C)CCC2=O)cc1Cl. The average molecular weight is 378 g/mol. The molecule has 0 bridgehead atoms. The third kappa shape index (κ3) is 7.13. The van der Waals surface area contributed by atoms with E-state index >= 15 is 0 Å². The third-order valence-electron chi connectivity index (χ3n) is 4.82. The number of Topliss-reactive ketones (excluding diaryl/α,β-unsaturated/α-hetero) is 1. The molecule has 1 aliphatic rings. The molecular formula is C22H32ClNO2. The lowest BCUT2D eigenvalue weighted by molar-refractivity contribution is -0.117. The highest BCUT2D eigenvalue weighted by molar-refractivity contribution is 6.32. The molecule has 0 N–H and O–H groups in total. The van der Waals surface area contributed by atoms with Gasteiger partial charge >= 0.3 is 0 Å². The summed E-state index contributed by atoms with van der Waals surface area (Å²) in [6.07, 6.45) is 11.4. The molecule has 0 aliphatic carbocycles. The predicted octanol–water partition coefficient (Wildman–Crippen LogP) is 5.76. The Morgan fingerprint density at radius 1 is 1.15 bits per heavy atom. The number of ether oxygens (including phenoxy) is 1. The van der Waals surface area contributed by atoms with Gasteiger partial charge in [-0.3, -0.25) is 4.79 Å². The topological polar surface area (TPSA) is 29.5 Å². The zero-order valence-electron chi connectivity index (χ0n) is 16.2. The maximum Gasteiger partial charge on any atom is 0.161 e. The first-order valence-electron chi connectivity index (χ1n) is 9.95. The second kappa shape index (κ2) is 11.4. The number of rotatable bonds is 10. The monoisotopic (exact) mass is 377 g/mol. The zero-order valence-corrected chi connectivity index (χ0v) is 17.0. The van der Waals surface area contributed by atoms with Crippen molar-refractivity contribution in [2.45, 2.75) is 58.3 Å². The summed E-state index contributed by atoms with van der Waals surface area (Å²) in [6.45, 7) is 4.48. The Hall–Kier alpha value is -1.32. The molecule has 0 aromatic heterocycles. The first-order valence-corrected chi connectivity index (χ1v) is 10.3. The standard InChI is InChI=1S/C22H32ClNO2/c1-3-4-5-6-7-8-9-14-26-22-11-10-18(16-20(22)23)15-19-17-24(2)13-12-21(19)25/h10-11,15-16H,3-9,12-14,17H2,1-2H3/b19-15+. The Morgan fingerprint density at radius 2 is 1.88 bits per heavy atom. The lowest BCUT2D eigenvalue weighted by Crippen LogP contribution is -2.32. The van der Waals surface area contributed by atoms with E-state index in [1.165, 1.54) is 38.5 Å². The average Bonchev–Trinajstić information content (AvgIpc) is 2.62. The number of likely N-dealkylation sites (tertiary alicyclic amines) is 1. The van der Waals surface area contributed by atoms with Crippen LogP contribution in [0.1, 0.15) is 63.9 Å². The van der Waals surface area contributed by atoms with Crippen molar-refractivity contribution in [3.05, 3.63) is 34.4 Å². The van der Waals surface area contributed by atoms with E-state index in [0.29, 0.717) is 24.6 Å². The van der Waals surface area contributed by atoms with Gasteiger partial charge in [-0.25, -0.2) is 0 Å². The van der Waals surface area contributed by atoms with Gasteiger partial charge in [0, 0.05) is 25.1 Å². The van der Waals surface area contributed by atoms with Gasteiger partial charge in [0.1, 0.15) is 5.75 Å². The van der Waals surface area contributed by atoms with Crippen molar-refractivity contribution in [2.75, 3.05) is 26.7 Å². The van der Waals surface area contributed by atoms with Gasteiger partial charge in [0.05, 0.1) is 11.6 Å². The Labute approximate surface area is 163 Å². The normalized spacial score (nSPS) is 17.0. The maximum atomic E-state index is 12.0. The van der Waals surface area contributed by atoms with Crippen LogP contribution in [0.4, 0.5) is 0 Å². The highest BCUT2D eigenvalue weighted by Gasteiger charge is 2.18. The zero-order chi connectivity index (χ0) is 18.8. The number of likely N-dealkylation sites (N-methyl/N-ethyl adjacent to an activating group) is 1. The summed E-state index contributed by atoms with van der Waals surface area (Å²) in [6, 6.07) is 5.77. The van der Waals surface area contributed by atoms with Crippen LogP contribution >= 0.6 is 11.6 Å². The Kier molecular flexibility index (Phi) is 9.21. The van der Waals surface area contributed by atoms with Crippen molar-refractivity contribution in [1.29, 1.82) is 0 Å². The first-order chi connectivity index (χ1) is 12.6. The van der Waals surface area contributed by atoms with Gasteiger partial charge in [0.2, 0.25) is 0 Å². The molecule has 3 nitrogen and oxygen atoms in total. The van der Waals surface area contributed by atoms with Gasteiger partial charge < -0.3 is 9.64 Å². The van der Waals surface area contributed by atoms with Crippen LogP contribution in [0.15, 0.2) is 23.8 Å². The fourth-order valence-corrected chi connectivity index (χ4v) is 3.45. The first kappa shape index (κ1) is 21.0. The number of benzene rings is 1. The summed E-state index contributed by atoms with van der Waals surface area (Å²) >= 11 is 6.36. The van der Waals surface area contributed by atoms with Gasteiger partial charge in [0.25, 0.3) is 0 Å². The molecule has 1 aliphatic heterocycles. The van der Waals surface area contributed by atoms with Crippen molar-refractivity contribution in [3.8, 4) is 5.75 Å². The van der Waals surface area contributed by atoms with Crippen molar-refractivity contribution < 1.29 is 9.53 Å². The summed E-state index contributed by atoms with van der Waals surface area (Å²) in [5.74, 6) is 0.963. The lowest BCUT2D eigenvalue weighted by atomic mass is 10.0. The summed E-state index contributed by atoms with van der Waals surface area (Å²) in [7, 11) is 2.04. The second-order valence-corrected chi connectivity index (χ2v) is 7.65. The molecule has 0 unspecified atom stereocenters. The van der Waals surface area contributed by atoms with Crippen molar-refractivity contribution in [3.63, 3.8) is 0 Å². The summed E-state index contributed by atoms with van der Waals surface area (Å²) in [4.78, 5) is 14.2. The van der Waals surface area contributed by atoms with Crippen LogP contribution in [0.3, 0.4) is 0 Å². The number of piperidine rings is 1. The Morgan fingerprint density at radius 3 is 2.62 bits per heavy atom. The van der Waals surface area contributed by atoms with Gasteiger partial charge in [-0.1, -0.05) is 63.1 Å². The predicted molar refractivity (Wildman–Crippen MR) is 110 cm³/mol. The molecule has 0 atom stereocenters. The minimum Gasteiger partial charge on any atom is -0.492 e. The third-order valence-corrected chi connectivity index (χ3v) is 5.12. The number of unbranched alkanes of at least 4 members (excludes halogenated alkanes) is 6. The molecular weight excluding hydrogens is 346 g/mol. The lowest BCUT2D eigenvalue weighted by Gasteiger charge is -2.23. The van der Waals surface area contributed by atoms with Crippen LogP contribution in [0.25, 0.3) is 6.08 Å². The molecule has 1 saturated heterocycles. The van der Waals surface area contributed by atoms with E-state index in [1.807, 2.05) is 31.3 Å². The molecule has 2 rings (SSSR count).